The van der Waals surface area contributed by atoms with Gasteiger partial charge in [-0.05, 0) is 45.9 Å². The Labute approximate surface area is 150 Å². The van der Waals surface area contributed by atoms with Crippen LogP contribution in [0.15, 0.2) is 18.3 Å². The van der Waals surface area contributed by atoms with Crippen LogP contribution >= 0.6 is 0 Å². The number of amides is 1. The molecule has 6 nitrogen and oxygen atoms in total. The molecule has 2 aliphatic rings. The average Bonchev–Trinajstić information content (AvgIpc) is 3.09. The number of carbonyl (C=O) groups excluding carboxylic acids is 1. The van der Waals surface area contributed by atoms with Crippen LogP contribution in [0.3, 0.4) is 0 Å². The van der Waals surface area contributed by atoms with Gasteiger partial charge in [0.05, 0.1) is 25.9 Å². The van der Waals surface area contributed by atoms with Crippen molar-refractivity contribution in [2.75, 3.05) is 39.9 Å². The first-order chi connectivity index (χ1) is 11.9. The number of hydrogen-bond donors (Lipinski definition) is 0. The summed E-state index contributed by atoms with van der Waals surface area (Å²) in [6.07, 6.45) is 4.08. The van der Waals surface area contributed by atoms with Crippen LogP contribution in [0.5, 0.6) is 0 Å². The molecule has 0 aromatic carbocycles. The van der Waals surface area contributed by atoms with Gasteiger partial charge in [0.15, 0.2) is 0 Å². The van der Waals surface area contributed by atoms with E-state index in [9.17, 15) is 4.79 Å². The minimum Gasteiger partial charge on any atom is -0.377 e. The van der Waals surface area contributed by atoms with Crippen molar-refractivity contribution in [3.8, 4) is 0 Å². The van der Waals surface area contributed by atoms with E-state index >= 15 is 0 Å². The Bertz CT molecular complexity index is 600. The highest BCUT2D eigenvalue weighted by atomic mass is 16.6. The summed E-state index contributed by atoms with van der Waals surface area (Å²) in [6, 6.07) is 4.28. The molecule has 2 aliphatic heterocycles. The maximum atomic E-state index is 12.9. The maximum Gasteiger partial charge on any atom is 0.270 e. The summed E-state index contributed by atoms with van der Waals surface area (Å²) in [5.41, 5.74) is 0.353. The first kappa shape index (κ1) is 18.4. The van der Waals surface area contributed by atoms with Crippen LogP contribution in [0, 0.1) is 0 Å². The molecule has 1 aromatic rings. The summed E-state index contributed by atoms with van der Waals surface area (Å²) in [5.74, 6) is 0.0590. The molecule has 0 aliphatic carbocycles. The molecule has 6 heteroatoms. The molecular weight excluding hydrogens is 318 g/mol. The summed E-state index contributed by atoms with van der Waals surface area (Å²) < 4.78 is 14.1. The molecule has 0 N–H and O–H groups in total. The van der Waals surface area contributed by atoms with Gasteiger partial charge in [-0.2, -0.15) is 0 Å². The fraction of sp³-hybridized carbons (Fsp3) is 0.737. The topological polar surface area (TPSA) is 46.9 Å². The summed E-state index contributed by atoms with van der Waals surface area (Å²) in [7, 11) is 4.04. The van der Waals surface area contributed by atoms with E-state index in [2.05, 4.69) is 25.8 Å². The number of rotatable bonds is 4. The number of likely N-dealkylation sites (N-methyl/N-ethyl adjacent to an activating group) is 1. The van der Waals surface area contributed by atoms with E-state index in [0.717, 1.165) is 19.4 Å². The van der Waals surface area contributed by atoms with Crippen molar-refractivity contribution in [1.82, 2.24) is 14.4 Å². The molecule has 0 radical (unpaired) electrons. The van der Waals surface area contributed by atoms with Crippen molar-refractivity contribution in [1.29, 1.82) is 0 Å². The second-order valence-corrected chi connectivity index (χ2v) is 7.78. The molecule has 3 heterocycles. The molecule has 2 atom stereocenters. The van der Waals surface area contributed by atoms with Gasteiger partial charge in [0.25, 0.3) is 5.91 Å². The Kier molecular flexibility index (Phi) is 5.51. The van der Waals surface area contributed by atoms with Crippen molar-refractivity contribution in [2.24, 2.45) is 7.05 Å². The third-order valence-electron chi connectivity index (χ3n) is 5.51. The highest BCUT2D eigenvalue weighted by molar-refractivity contribution is 5.92. The van der Waals surface area contributed by atoms with E-state index < -0.39 is 0 Å². The third-order valence-corrected chi connectivity index (χ3v) is 5.51. The van der Waals surface area contributed by atoms with Crippen LogP contribution in [-0.4, -0.2) is 77.9 Å². The Morgan fingerprint density at radius 2 is 2.28 bits per heavy atom. The zero-order chi connectivity index (χ0) is 18.0. The van der Waals surface area contributed by atoms with E-state index in [-0.39, 0.29) is 17.6 Å². The Hall–Kier alpha value is -1.37. The summed E-state index contributed by atoms with van der Waals surface area (Å²) in [6.45, 7) is 7.68. The smallest absolute Gasteiger partial charge is 0.270 e. The van der Waals surface area contributed by atoms with Crippen molar-refractivity contribution >= 4 is 5.91 Å². The lowest BCUT2D eigenvalue weighted by Gasteiger charge is -2.33. The lowest BCUT2D eigenvalue weighted by molar-refractivity contribution is -0.0901. The number of ether oxygens (including phenoxy) is 2. The largest absolute Gasteiger partial charge is 0.377 e. The standard InChI is InChI=1S/C19H31N3O3/c1-15(2)21(4)12-16-7-8-19(25-16)13-22(10-11-24-14-19)18(23)17-6-5-9-20(17)3/h5-6,9,15-16H,7-8,10-14H2,1-4H3/t16-,19-/m1/s1. The van der Waals surface area contributed by atoms with Gasteiger partial charge < -0.3 is 23.8 Å². The van der Waals surface area contributed by atoms with Crippen LogP contribution in [0.1, 0.15) is 37.2 Å². The highest BCUT2D eigenvalue weighted by Gasteiger charge is 2.44. The zero-order valence-corrected chi connectivity index (χ0v) is 15.9. The van der Waals surface area contributed by atoms with Crippen molar-refractivity contribution in [3.05, 3.63) is 24.0 Å². The molecule has 0 bridgehead atoms. The third kappa shape index (κ3) is 4.07. The summed E-state index contributed by atoms with van der Waals surface area (Å²) in [5, 5.41) is 0. The van der Waals surface area contributed by atoms with E-state index in [1.807, 2.05) is 34.8 Å². The number of carbonyl (C=O) groups is 1. The van der Waals surface area contributed by atoms with Crippen molar-refractivity contribution < 1.29 is 14.3 Å². The fourth-order valence-electron chi connectivity index (χ4n) is 3.70. The van der Waals surface area contributed by atoms with Crippen LogP contribution in [0.4, 0.5) is 0 Å². The zero-order valence-electron chi connectivity index (χ0n) is 15.9. The summed E-state index contributed by atoms with van der Waals surface area (Å²) in [4.78, 5) is 17.1. The second kappa shape index (κ2) is 7.48. The van der Waals surface area contributed by atoms with E-state index in [4.69, 9.17) is 9.47 Å². The first-order valence-corrected chi connectivity index (χ1v) is 9.27. The molecule has 1 aromatic heterocycles. The summed E-state index contributed by atoms with van der Waals surface area (Å²) >= 11 is 0. The highest BCUT2D eigenvalue weighted by Crippen LogP contribution is 2.33. The molecule has 25 heavy (non-hydrogen) atoms. The molecule has 3 rings (SSSR count). The normalized spacial score (nSPS) is 27.4. The van der Waals surface area contributed by atoms with Gasteiger partial charge in [0.1, 0.15) is 11.3 Å². The molecule has 140 valence electrons. The minimum atomic E-state index is -0.361. The molecule has 1 amide bonds. The van der Waals surface area contributed by atoms with E-state index in [1.54, 1.807) is 0 Å². The lowest BCUT2D eigenvalue weighted by atomic mass is 10.00. The monoisotopic (exact) mass is 349 g/mol. The van der Waals surface area contributed by atoms with Gasteiger partial charge in [-0.15, -0.1) is 0 Å². The van der Waals surface area contributed by atoms with E-state index in [0.29, 0.717) is 38.0 Å². The van der Waals surface area contributed by atoms with Crippen molar-refractivity contribution in [2.45, 2.75) is 44.4 Å². The number of nitrogens with zero attached hydrogens (tertiary/aromatic N) is 3. The van der Waals surface area contributed by atoms with Gasteiger partial charge in [-0.3, -0.25) is 4.79 Å². The number of hydrogen-bond acceptors (Lipinski definition) is 4. The van der Waals surface area contributed by atoms with Gasteiger partial charge >= 0.3 is 0 Å². The SMILES string of the molecule is CC(C)N(C)C[C@H]1CC[C@@]2(COCCN(C(=O)c3cccn3C)C2)O1. The second-order valence-electron chi connectivity index (χ2n) is 7.78. The van der Waals surface area contributed by atoms with Crippen molar-refractivity contribution in [3.63, 3.8) is 0 Å². The Morgan fingerprint density at radius 3 is 2.96 bits per heavy atom. The number of aromatic nitrogens is 1. The predicted octanol–water partition coefficient (Wildman–Crippen LogP) is 1.76. The lowest BCUT2D eigenvalue weighted by Crippen LogP contribution is -2.47. The quantitative estimate of drug-likeness (QED) is 0.831. The van der Waals surface area contributed by atoms with Gasteiger partial charge in [-0.25, -0.2) is 0 Å². The van der Waals surface area contributed by atoms with Gasteiger partial charge in [0, 0.05) is 32.4 Å². The number of aryl methyl sites for hydroxylation is 1. The van der Waals surface area contributed by atoms with Crippen LogP contribution in [-0.2, 0) is 16.5 Å². The predicted molar refractivity (Wildman–Crippen MR) is 96.7 cm³/mol. The minimum absolute atomic E-state index is 0.0590. The average molecular weight is 349 g/mol. The molecule has 0 saturated carbocycles. The van der Waals surface area contributed by atoms with Gasteiger partial charge in [-0.1, -0.05) is 0 Å². The molecule has 2 fully saturated rings. The molecule has 2 saturated heterocycles. The van der Waals surface area contributed by atoms with Gasteiger partial charge in [0.2, 0.25) is 0 Å². The Morgan fingerprint density at radius 1 is 1.48 bits per heavy atom. The van der Waals surface area contributed by atoms with Crippen LogP contribution in [0.25, 0.3) is 0 Å². The Balaban J connectivity index is 1.68. The first-order valence-electron chi connectivity index (χ1n) is 9.27. The fourth-order valence-corrected chi connectivity index (χ4v) is 3.70. The molecular formula is C19H31N3O3. The van der Waals surface area contributed by atoms with Crippen LogP contribution < -0.4 is 0 Å². The van der Waals surface area contributed by atoms with Crippen LogP contribution in [0.2, 0.25) is 0 Å². The molecule has 0 unspecified atom stereocenters. The maximum absolute atomic E-state index is 12.9. The van der Waals surface area contributed by atoms with E-state index in [1.165, 1.54) is 0 Å². The molecule has 1 spiro atoms.